The van der Waals surface area contributed by atoms with Crippen LogP contribution in [0.3, 0.4) is 0 Å². The molecule has 3 rings (SSSR count). The van der Waals surface area contributed by atoms with Crippen LogP contribution in [0.1, 0.15) is 44.7 Å². The second-order valence-corrected chi connectivity index (χ2v) is 10.4. The van der Waals surface area contributed by atoms with Crippen LogP contribution >= 0.6 is 0 Å². The van der Waals surface area contributed by atoms with Gasteiger partial charge in [-0.1, -0.05) is 20.8 Å². The van der Waals surface area contributed by atoms with E-state index in [-0.39, 0.29) is 10.8 Å². The fourth-order valence-electron chi connectivity index (χ4n) is 4.79. The van der Waals surface area contributed by atoms with E-state index in [0.29, 0.717) is 11.7 Å². The number of carbonyl (C=O) groups excluding carboxylic acids is 1. The van der Waals surface area contributed by atoms with Crippen molar-refractivity contribution in [2.75, 3.05) is 21.1 Å². The SMILES string of the molecule is Cc1cc(C=C2C(=O)C3(C)CCC2C3(C)C)ccc1[N+](C)(C)C.O=S(=O)([O-])O. The molecule has 2 bridgehead atoms. The number of hydrogen-bond acceptors (Lipinski definition) is 4. The van der Waals surface area contributed by atoms with Crippen LogP contribution in [0.4, 0.5) is 5.69 Å². The van der Waals surface area contributed by atoms with E-state index < -0.39 is 10.4 Å². The molecule has 2 fully saturated rings. The quantitative estimate of drug-likeness (QED) is 0.348. The lowest BCUT2D eigenvalue weighted by Gasteiger charge is -2.31. The predicted molar refractivity (Wildman–Crippen MR) is 111 cm³/mol. The van der Waals surface area contributed by atoms with E-state index >= 15 is 0 Å². The second kappa shape index (κ2) is 7.06. The number of aryl methyl sites for hydroxylation is 1. The first-order valence-electron chi connectivity index (χ1n) is 9.36. The Kier molecular flexibility index (Phi) is 5.73. The number of allylic oxidation sites excluding steroid dienone is 1. The van der Waals surface area contributed by atoms with E-state index in [9.17, 15) is 4.79 Å². The third-order valence-electron chi connectivity index (χ3n) is 6.63. The zero-order valence-corrected chi connectivity index (χ0v) is 18.6. The minimum absolute atomic E-state index is 0.0905. The molecule has 2 atom stereocenters. The van der Waals surface area contributed by atoms with Crippen molar-refractivity contribution in [2.24, 2.45) is 16.7 Å². The van der Waals surface area contributed by atoms with E-state index in [4.69, 9.17) is 17.5 Å². The molecule has 2 unspecified atom stereocenters. The summed E-state index contributed by atoms with van der Waals surface area (Å²) in [5.41, 5.74) is 4.75. The smallest absolute Gasteiger partial charge is 0.215 e. The molecule has 1 aromatic rings. The zero-order chi connectivity index (χ0) is 21.7. The van der Waals surface area contributed by atoms with Crippen LogP contribution in [0, 0.1) is 23.7 Å². The highest BCUT2D eigenvalue weighted by molar-refractivity contribution is 7.79. The number of nitrogens with zero attached hydrogens (tertiary/aromatic N) is 1. The number of carbonyl (C=O) groups is 1. The summed E-state index contributed by atoms with van der Waals surface area (Å²) in [7, 11) is 1.63. The highest BCUT2D eigenvalue weighted by Crippen LogP contribution is 2.65. The van der Waals surface area contributed by atoms with Crippen LogP contribution in [-0.2, 0) is 15.2 Å². The summed E-state index contributed by atoms with van der Waals surface area (Å²) in [6.07, 6.45) is 4.35. The minimum Gasteiger partial charge on any atom is -0.726 e. The highest BCUT2D eigenvalue weighted by atomic mass is 32.3. The maximum Gasteiger partial charge on any atom is 0.215 e. The molecule has 7 heteroatoms. The van der Waals surface area contributed by atoms with Gasteiger partial charge in [-0.2, -0.15) is 0 Å². The van der Waals surface area contributed by atoms with Gasteiger partial charge >= 0.3 is 0 Å². The average molecular weight is 410 g/mol. The summed E-state index contributed by atoms with van der Waals surface area (Å²) in [6.45, 7) is 8.87. The fraction of sp³-hybridized carbons (Fsp3) is 0.571. The average Bonchev–Trinajstić information content (AvgIpc) is 2.78. The standard InChI is InChI=1S/C21H30NO.H2O4S/c1-14-12-15(8-9-18(14)22(5,6)7)13-16-17-10-11-21(4,19(16)23)20(17,2)3;1-5(2,3)4/h8-9,12-13,17H,10-11H2,1-7H3;(H2,1,2,3,4)/q+1;/p-1. The number of fused-ring (bicyclic) bond motifs is 2. The Morgan fingerprint density at radius 3 is 2.14 bits per heavy atom. The minimum atomic E-state index is -4.92. The number of quaternary nitrogens is 1. The van der Waals surface area contributed by atoms with Gasteiger partial charge in [0.05, 0.1) is 21.1 Å². The summed E-state index contributed by atoms with van der Waals surface area (Å²) >= 11 is 0. The summed E-state index contributed by atoms with van der Waals surface area (Å²) in [5, 5.41) is 0. The zero-order valence-electron chi connectivity index (χ0n) is 17.7. The maximum atomic E-state index is 12.9. The van der Waals surface area contributed by atoms with Gasteiger partial charge in [0, 0.05) is 11.0 Å². The van der Waals surface area contributed by atoms with E-state index in [1.165, 1.54) is 11.3 Å². The number of benzene rings is 1. The van der Waals surface area contributed by atoms with Crippen molar-refractivity contribution in [2.45, 2.75) is 40.5 Å². The van der Waals surface area contributed by atoms with Crippen molar-refractivity contribution < 1.29 is 22.3 Å². The van der Waals surface area contributed by atoms with Gasteiger partial charge in [0.15, 0.2) is 5.78 Å². The van der Waals surface area contributed by atoms with Gasteiger partial charge in [0.25, 0.3) is 0 Å². The Bertz CT molecular complexity index is 917. The van der Waals surface area contributed by atoms with Crippen molar-refractivity contribution in [3.05, 3.63) is 34.9 Å². The third kappa shape index (κ3) is 4.22. The van der Waals surface area contributed by atoms with Crippen molar-refractivity contribution in [1.29, 1.82) is 0 Å². The summed E-state index contributed by atoms with van der Waals surface area (Å²) in [4.78, 5) is 12.9. The summed E-state index contributed by atoms with van der Waals surface area (Å²) < 4.78 is 33.6. The van der Waals surface area contributed by atoms with Crippen molar-refractivity contribution in [3.8, 4) is 0 Å². The lowest BCUT2D eigenvalue weighted by Crippen LogP contribution is -2.35. The van der Waals surface area contributed by atoms with Crippen LogP contribution in [-0.4, -0.2) is 44.4 Å². The van der Waals surface area contributed by atoms with E-state index in [1.807, 2.05) is 0 Å². The lowest BCUT2D eigenvalue weighted by molar-refractivity contribution is -0.125. The van der Waals surface area contributed by atoms with Gasteiger partial charge in [-0.3, -0.25) is 13.8 Å². The monoisotopic (exact) mass is 409 g/mol. The molecular weight excluding hydrogens is 378 g/mol. The van der Waals surface area contributed by atoms with Crippen LogP contribution in [0.15, 0.2) is 23.8 Å². The molecule has 2 aliphatic rings. The van der Waals surface area contributed by atoms with Gasteiger partial charge in [0.2, 0.25) is 10.4 Å². The maximum absolute atomic E-state index is 12.9. The number of Topliss-reactive ketones (excluding diaryl/α,β-unsaturated/α-hetero) is 1. The molecule has 0 aliphatic heterocycles. The van der Waals surface area contributed by atoms with Gasteiger partial charge in [-0.25, -0.2) is 8.42 Å². The van der Waals surface area contributed by atoms with Crippen LogP contribution in [0.25, 0.3) is 6.08 Å². The molecule has 6 nitrogen and oxygen atoms in total. The Morgan fingerprint density at radius 1 is 1.21 bits per heavy atom. The topological polar surface area (TPSA) is 94.5 Å². The van der Waals surface area contributed by atoms with E-state index in [2.05, 4.69) is 73.1 Å². The number of hydrogen-bond donors (Lipinski definition) is 1. The number of rotatable bonds is 2. The molecule has 0 spiro atoms. The normalized spacial score (nSPS) is 27.7. The Hall–Kier alpha value is -1.54. The van der Waals surface area contributed by atoms with Gasteiger partial charge in [-0.15, -0.1) is 0 Å². The Balaban J connectivity index is 0.000000500. The Morgan fingerprint density at radius 2 is 1.75 bits per heavy atom. The molecule has 1 aromatic carbocycles. The Labute approximate surface area is 168 Å². The first-order chi connectivity index (χ1) is 12.5. The largest absolute Gasteiger partial charge is 0.726 e. The van der Waals surface area contributed by atoms with Gasteiger partial charge in [0.1, 0.15) is 5.69 Å². The van der Waals surface area contributed by atoms with Crippen LogP contribution in [0.5, 0.6) is 0 Å². The molecule has 0 radical (unpaired) electrons. The van der Waals surface area contributed by atoms with E-state index in [0.717, 1.165) is 28.5 Å². The van der Waals surface area contributed by atoms with Crippen LogP contribution in [0.2, 0.25) is 0 Å². The first-order valence-corrected chi connectivity index (χ1v) is 10.7. The van der Waals surface area contributed by atoms with Crippen molar-refractivity contribution in [1.82, 2.24) is 4.48 Å². The molecule has 0 saturated heterocycles. The van der Waals surface area contributed by atoms with Gasteiger partial charge < -0.3 is 4.55 Å². The molecule has 2 aliphatic carbocycles. The number of ketones is 1. The molecule has 0 aromatic heterocycles. The summed E-state index contributed by atoms with van der Waals surface area (Å²) in [6, 6.07) is 6.58. The lowest BCUT2D eigenvalue weighted by atomic mass is 9.70. The predicted octanol–water partition coefficient (Wildman–Crippen LogP) is 3.60. The molecule has 156 valence electrons. The van der Waals surface area contributed by atoms with E-state index in [1.54, 1.807) is 0 Å². The molecule has 0 amide bonds. The first kappa shape index (κ1) is 22.7. The molecule has 1 N–H and O–H groups in total. The second-order valence-electron chi connectivity index (χ2n) is 9.56. The highest BCUT2D eigenvalue weighted by Gasteiger charge is 2.63. The van der Waals surface area contributed by atoms with Crippen molar-refractivity contribution >= 4 is 27.9 Å². The molecular formula is C21H31NO5S. The fourth-order valence-corrected chi connectivity index (χ4v) is 4.79. The van der Waals surface area contributed by atoms with Crippen molar-refractivity contribution in [3.63, 3.8) is 0 Å². The van der Waals surface area contributed by atoms with Crippen LogP contribution < -0.4 is 4.48 Å². The molecule has 0 heterocycles. The van der Waals surface area contributed by atoms with Gasteiger partial charge in [-0.05, 0) is 66.5 Å². The molecule has 2 saturated carbocycles. The third-order valence-corrected chi connectivity index (χ3v) is 6.63. The summed E-state index contributed by atoms with van der Waals surface area (Å²) in [5.74, 6) is 0.797. The molecule has 28 heavy (non-hydrogen) atoms.